The van der Waals surface area contributed by atoms with E-state index in [4.69, 9.17) is 5.73 Å². The van der Waals surface area contributed by atoms with Crippen molar-refractivity contribution in [1.82, 2.24) is 4.98 Å². The maximum Gasteiger partial charge on any atom is 0.292 e. The van der Waals surface area contributed by atoms with Crippen molar-refractivity contribution in [2.24, 2.45) is 5.73 Å². The van der Waals surface area contributed by atoms with Crippen LogP contribution in [0.2, 0.25) is 0 Å². The first-order valence-electron chi connectivity index (χ1n) is 5.91. The third-order valence-corrected chi connectivity index (χ3v) is 3.45. The molecular formula is C12H11FN4O3S. The monoisotopic (exact) mass is 310 g/mol. The van der Waals surface area contributed by atoms with Crippen LogP contribution >= 0.6 is 11.3 Å². The smallest absolute Gasteiger partial charge is 0.292 e. The molecule has 21 heavy (non-hydrogen) atoms. The molecule has 7 nitrogen and oxygen atoms in total. The third kappa shape index (κ3) is 3.58. The van der Waals surface area contributed by atoms with Gasteiger partial charge in [-0.15, -0.1) is 11.3 Å². The summed E-state index contributed by atoms with van der Waals surface area (Å²) in [6.07, 6.45) is 0.540. The van der Waals surface area contributed by atoms with Gasteiger partial charge in [-0.1, -0.05) is 0 Å². The number of anilines is 1. The summed E-state index contributed by atoms with van der Waals surface area (Å²) in [4.78, 5) is 26.2. The third-order valence-electron chi connectivity index (χ3n) is 2.55. The number of nitrogens with one attached hydrogen (secondary N) is 1. The van der Waals surface area contributed by atoms with E-state index in [1.807, 2.05) is 0 Å². The van der Waals surface area contributed by atoms with Crippen molar-refractivity contribution in [3.8, 4) is 0 Å². The largest absolute Gasteiger partial charge is 0.330 e. The number of carbonyl (C=O) groups is 1. The van der Waals surface area contributed by atoms with Crippen molar-refractivity contribution in [3.05, 3.63) is 50.2 Å². The van der Waals surface area contributed by atoms with Crippen LogP contribution < -0.4 is 11.1 Å². The van der Waals surface area contributed by atoms with Crippen LogP contribution in [0, 0.1) is 15.9 Å². The lowest BCUT2D eigenvalue weighted by Gasteiger charge is -2.04. The van der Waals surface area contributed by atoms with E-state index in [1.165, 1.54) is 16.7 Å². The number of rotatable bonds is 5. The van der Waals surface area contributed by atoms with Crippen molar-refractivity contribution in [2.45, 2.75) is 6.42 Å². The molecular weight excluding hydrogens is 299 g/mol. The summed E-state index contributed by atoms with van der Waals surface area (Å²) in [6.45, 7) is 0.407. The van der Waals surface area contributed by atoms with Crippen molar-refractivity contribution in [2.75, 3.05) is 11.9 Å². The standard InChI is InChI=1S/C12H11FN4O3S/c13-7-1-2-10(17(19)20)8(5-7)16-12(18)9-6-21-11(15-9)3-4-14/h1-2,5-6H,3-4,14H2,(H,16,18). The Hall–Kier alpha value is -2.39. The zero-order valence-electron chi connectivity index (χ0n) is 10.7. The summed E-state index contributed by atoms with van der Waals surface area (Å²) < 4.78 is 13.2. The Morgan fingerprint density at radius 2 is 2.29 bits per heavy atom. The fourth-order valence-corrected chi connectivity index (χ4v) is 2.40. The molecule has 1 amide bonds. The van der Waals surface area contributed by atoms with E-state index in [9.17, 15) is 19.3 Å². The topological polar surface area (TPSA) is 111 Å². The molecule has 2 rings (SSSR count). The summed E-state index contributed by atoms with van der Waals surface area (Å²) in [6, 6.07) is 2.84. The van der Waals surface area contributed by atoms with Crippen LogP contribution in [-0.4, -0.2) is 22.4 Å². The molecule has 1 heterocycles. The number of thiazole rings is 1. The second-order valence-electron chi connectivity index (χ2n) is 4.04. The number of nitrogens with two attached hydrogens (primary N) is 1. The zero-order chi connectivity index (χ0) is 15.4. The van der Waals surface area contributed by atoms with Gasteiger partial charge in [-0.3, -0.25) is 14.9 Å². The van der Waals surface area contributed by atoms with Crippen LogP contribution in [0.4, 0.5) is 15.8 Å². The predicted octanol–water partition coefficient (Wildman–Crippen LogP) is 1.94. The molecule has 1 aromatic carbocycles. The number of benzene rings is 1. The molecule has 0 spiro atoms. The number of amides is 1. The Morgan fingerprint density at radius 3 is 2.95 bits per heavy atom. The van der Waals surface area contributed by atoms with Gasteiger partial charge in [0, 0.05) is 23.9 Å². The Balaban J connectivity index is 2.22. The van der Waals surface area contributed by atoms with Crippen LogP contribution in [0.25, 0.3) is 0 Å². The van der Waals surface area contributed by atoms with E-state index in [2.05, 4.69) is 10.3 Å². The van der Waals surface area contributed by atoms with Gasteiger partial charge in [0.2, 0.25) is 0 Å². The number of aromatic nitrogens is 1. The molecule has 9 heteroatoms. The summed E-state index contributed by atoms with van der Waals surface area (Å²) in [5.41, 5.74) is 4.91. The highest BCUT2D eigenvalue weighted by Gasteiger charge is 2.18. The van der Waals surface area contributed by atoms with Crippen LogP contribution in [0.15, 0.2) is 23.6 Å². The van der Waals surface area contributed by atoms with E-state index in [0.717, 1.165) is 18.2 Å². The molecule has 0 bridgehead atoms. The second kappa shape index (κ2) is 6.37. The van der Waals surface area contributed by atoms with Crippen LogP contribution in [0.5, 0.6) is 0 Å². The Kier molecular flexibility index (Phi) is 4.55. The van der Waals surface area contributed by atoms with Crippen LogP contribution in [-0.2, 0) is 6.42 Å². The number of hydrogen-bond acceptors (Lipinski definition) is 6. The van der Waals surface area contributed by atoms with Gasteiger partial charge in [-0.2, -0.15) is 0 Å². The van der Waals surface area contributed by atoms with E-state index < -0.39 is 16.6 Å². The molecule has 0 aliphatic rings. The van der Waals surface area contributed by atoms with Gasteiger partial charge < -0.3 is 11.1 Å². The number of nitro groups is 1. The van der Waals surface area contributed by atoms with Gasteiger partial charge in [0.25, 0.3) is 11.6 Å². The lowest BCUT2D eigenvalue weighted by Crippen LogP contribution is -2.14. The van der Waals surface area contributed by atoms with Gasteiger partial charge in [-0.25, -0.2) is 9.37 Å². The highest BCUT2D eigenvalue weighted by atomic mass is 32.1. The number of hydrogen-bond donors (Lipinski definition) is 2. The molecule has 0 saturated heterocycles. The highest BCUT2D eigenvalue weighted by molar-refractivity contribution is 7.09. The molecule has 3 N–H and O–H groups in total. The zero-order valence-corrected chi connectivity index (χ0v) is 11.5. The first kappa shape index (κ1) is 15.0. The Labute approximate surface area is 122 Å². The fraction of sp³-hybridized carbons (Fsp3) is 0.167. The molecule has 1 aromatic heterocycles. The molecule has 0 aliphatic carbocycles. The van der Waals surface area contributed by atoms with Crippen LogP contribution in [0.1, 0.15) is 15.5 Å². The fourth-order valence-electron chi connectivity index (χ4n) is 1.61. The van der Waals surface area contributed by atoms with Gasteiger partial charge in [0.05, 0.1) is 9.93 Å². The molecule has 0 aliphatic heterocycles. The summed E-state index contributed by atoms with van der Waals surface area (Å²) in [5.74, 6) is -1.32. The lowest BCUT2D eigenvalue weighted by atomic mass is 10.2. The summed E-state index contributed by atoms with van der Waals surface area (Å²) >= 11 is 1.27. The maximum absolute atomic E-state index is 13.2. The molecule has 0 unspecified atom stereocenters. The molecule has 0 atom stereocenters. The highest BCUT2D eigenvalue weighted by Crippen LogP contribution is 2.25. The van der Waals surface area contributed by atoms with Gasteiger partial charge in [0.1, 0.15) is 17.2 Å². The molecule has 0 fully saturated rings. The number of nitro benzene ring substituents is 1. The lowest BCUT2D eigenvalue weighted by molar-refractivity contribution is -0.384. The van der Waals surface area contributed by atoms with E-state index in [-0.39, 0.29) is 17.1 Å². The van der Waals surface area contributed by atoms with E-state index in [0.29, 0.717) is 18.0 Å². The number of carbonyl (C=O) groups excluding carboxylic acids is 1. The van der Waals surface area contributed by atoms with E-state index in [1.54, 1.807) is 0 Å². The molecule has 0 saturated carbocycles. The van der Waals surface area contributed by atoms with Crippen molar-refractivity contribution in [3.63, 3.8) is 0 Å². The predicted molar refractivity (Wildman–Crippen MR) is 75.9 cm³/mol. The van der Waals surface area contributed by atoms with Gasteiger partial charge >= 0.3 is 0 Å². The average Bonchev–Trinajstić information content (AvgIpc) is 2.87. The second-order valence-corrected chi connectivity index (χ2v) is 4.98. The Bertz CT molecular complexity index is 689. The average molecular weight is 310 g/mol. The normalized spacial score (nSPS) is 10.4. The minimum atomic E-state index is -0.698. The molecule has 110 valence electrons. The van der Waals surface area contributed by atoms with Gasteiger partial charge in [-0.05, 0) is 12.6 Å². The first-order chi connectivity index (χ1) is 10.0. The molecule has 2 aromatic rings. The van der Waals surface area contributed by atoms with E-state index >= 15 is 0 Å². The minimum absolute atomic E-state index is 0.113. The van der Waals surface area contributed by atoms with Crippen LogP contribution in [0.3, 0.4) is 0 Å². The van der Waals surface area contributed by atoms with Crippen molar-refractivity contribution in [1.29, 1.82) is 0 Å². The molecule has 0 radical (unpaired) electrons. The SMILES string of the molecule is NCCc1nc(C(=O)Nc2cc(F)ccc2[N+](=O)[O-])cs1. The minimum Gasteiger partial charge on any atom is -0.330 e. The number of halogens is 1. The first-order valence-corrected chi connectivity index (χ1v) is 6.79. The summed E-state index contributed by atoms with van der Waals surface area (Å²) in [5, 5.41) is 15.4. The quantitative estimate of drug-likeness (QED) is 0.647. The Morgan fingerprint density at radius 1 is 1.52 bits per heavy atom. The maximum atomic E-state index is 13.2. The number of nitrogens with zero attached hydrogens (tertiary/aromatic N) is 2. The van der Waals surface area contributed by atoms with Crippen molar-refractivity contribution >= 4 is 28.6 Å². The van der Waals surface area contributed by atoms with Crippen molar-refractivity contribution < 1.29 is 14.1 Å². The van der Waals surface area contributed by atoms with Gasteiger partial charge in [0.15, 0.2) is 0 Å². The summed E-state index contributed by atoms with van der Waals surface area (Å²) in [7, 11) is 0.